The molecule has 128 valence electrons. The number of aryl methyl sites for hydroxylation is 1. The van der Waals surface area contributed by atoms with E-state index in [0.29, 0.717) is 6.10 Å². The van der Waals surface area contributed by atoms with Crippen LogP contribution >= 0.6 is 0 Å². The number of allylic oxidation sites excluding steroid dienone is 1. The van der Waals surface area contributed by atoms with Crippen LogP contribution in [0.3, 0.4) is 0 Å². The third-order valence-electron chi connectivity index (χ3n) is 4.49. The van der Waals surface area contributed by atoms with Gasteiger partial charge in [-0.15, -0.1) is 6.58 Å². The van der Waals surface area contributed by atoms with E-state index in [9.17, 15) is 0 Å². The Morgan fingerprint density at radius 1 is 1.33 bits per heavy atom. The Morgan fingerprint density at radius 2 is 2.17 bits per heavy atom. The van der Waals surface area contributed by atoms with Crippen LogP contribution in [0.4, 0.5) is 0 Å². The minimum absolute atomic E-state index is 0.359. The molecule has 1 aliphatic rings. The topological polar surface area (TPSA) is 30.3 Å². The molecule has 2 aromatic rings. The summed E-state index contributed by atoms with van der Waals surface area (Å²) in [5.74, 6) is 0. The lowest BCUT2D eigenvalue weighted by molar-refractivity contribution is 0.0678. The molecular formula is C20H27N3O. The summed E-state index contributed by atoms with van der Waals surface area (Å²) >= 11 is 0. The van der Waals surface area contributed by atoms with Gasteiger partial charge in [0.1, 0.15) is 0 Å². The Morgan fingerprint density at radius 3 is 2.88 bits per heavy atom. The molecule has 1 fully saturated rings. The highest BCUT2D eigenvalue weighted by molar-refractivity contribution is 5.18. The van der Waals surface area contributed by atoms with Crippen molar-refractivity contribution in [2.45, 2.75) is 45.5 Å². The van der Waals surface area contributed by atoms with Gasteiger partial charge in [0.05, 0.1) is 18.3 Å². The predicted octanol–water partition coefficient (Wildman–Crippen LogP) is 3.56. The van der Waals surface area contributed by atoms with Crippen LogP contribution in [0.5, 0.6) is 0 Å². The Hall–Kier alpha value is -1.91. The maximum atomic E-state index is 5.86. The molecule has 2 heterocycles. The van der Waals surface area contributed by atoms with Crippen molar-refractivity contribution in [2.75, 3.05) is 13.2 Å². The highest BCUT2D eigenvalue weighted by atomic mass is 16.5. The van der Waals surface area contributed by atoms with E-state index >= 15 is 0 Å². The molecule has 0 aliphatic carbocycles. The predicted molar refractivity (Wildman–Crippen MR) is 96.7 cm³/mol. The van der Waals surface area contributed by atoms with Crippen LogP contribution < -0.4 is 0 Å². The molecule has 0 N–H and O–H groups in total. The van der Waals surface area contributed by atoms with Gasteiger partial charge in [0.25, 0.3) is 0 Å². The Kier molecular flexibility index (Phi) is 5.83. The fraction of sp³-hybridized carbons (Fsp3) is 0.450. The molecule has 1 saturated heterocycles. The number of hydrogen-bond acceptors (Lipinski definition) is 3. The van der Waals surface area contributed by atoms with Gasteiger partial charge in [0.2, 0.25) is 0 Å². The van der Waals surface area contributed by atoms with Crippen LogP contribution in [-0.2, 0) is 24.4 Å². The van der Waals surface area contributed by atoms with Crippen molar-refractivity contribution < 1.29 is 4.74 Å². The van der Waals surface area contributed by atoms with Gasteiger partial charge in [-0.1, -0.05) is 36.4 Å². The lowest BCUT2D eigenvalue weighted by atomic mass is 10.1. The van der Waals surface area contributed by atoms with Crippen molar-refractivity contribution in [1.82, 2.24) is 14.7 Å². The second-order valence-electron chi connectivity index (χ2n) is 6.54. The van der Waals surface area contributed by atoms with Gasteiger partial charge >= 0.3 is 0 Å². The Bertz CT molecular complexity index is 644. The van der Waals surface area contributed by atoms with Gasteiger partial charge in [-0.3, -0.25) is 9.58 Å². The zero-order valence-electron chi connectivity index (χ0n) is 14.5. The van der Waals surface area contributed by atoms with E-state index in [1.807, 2.05) is 10.8 Å². The minimum atomic E-state index is 0.359. The molecular weight excluding hydrogens is 298 g/mol. The zero-order valence-corrected chi connectivity index (χ0v) is 14.5. The molecule has 0 spiro atoms. The van der Waals surface area contributed by atoms with Crippen LogP contribution in [0.15, 0.2) is 49.2 Å². The summed E-state index contributed by atoms with van der Waals surface area (Å²) in [5, 5.41) is 4.58. The standard InChI is InChI=1S/C20H27N3O/c1-3-11-23-15-19(17(2)21-23)14-22(16-20-10-7-12-24-20)13-18-8-5-4-6-9-18/h3-6,8-9,15,20H,1,7,10-14,16H2,2H3. The van der Waals surface area contributed by atoms with E-state index in [2.05, 4.69) is 60.0 Å². The second-order valence-corrected chi connectivity index (χ2v) is 6.54. The lowest BCUT2D eigenvalue weighted by Gasteiger charge is -2.25. The van der Waals surface area contributed by atoms with E-state index < -0.39 is 0 Å². The molecule has 1 aliphatic heterocycles. The first kappa shape index (κ1) is 16.9. The first-order chi connectivity index (χ1) is 11.7. The molecule has 24 heavy (non-hydrogen) atoms. The SMILES string of the molecule is C=CCn1cc(CN(Cc2ccccc2)CC2CCCO2)c(C)n1. The number of rotatable bonds is 8. The molecule has 1 aromatic carbocycles. The Labute approximate surface area is 144 Å². The van der Waals surface area contributed by atoms with Crippen molar-refractivity contribution in [1.29, 1.82) is 0 Å². The molecule has 0 radical (unpaired) electrons. The normalized spacial score (nSPS) is 17.5. The summed E-state index contributed by atoms with van der Waals surface area (Å²) in [4.78, 5) is 2.48. The number of benzene rings is 1. The van der Waals surface area contributed by atoms with Crippen molar-refractivity contribution in [3.63, 3.8) is 0 Å². The summed E-state index contributed by atoms with van der Waals surface area (Å²) in [7, 11) is 0. The molecule has 1 aromatic heterocycles. The van der Waals surface area contributed by atoms with Crippen LogP contribution in [0.1, 0.15) is 29.7 Å². The van der Waals surface area contributed by atoms with Crippen molar-refractivity contribution in [3.05, 3.63) is 66.0 Å². The minimum Gasteiger partial charge on any atom is -0.377 e. The van der Waals surface area contributed by atoms with E-state index in [4.69, 9.17) is 4.74 Å². The van der Waals surface area contributed by atoms with Crippen LogP contribution in [-0.4, -0.2) is 33.9 Å². The average molecular weight is 325 g/mol. The monoisotopic (exact) mass is 325 g/mol. The Balaban J connectivity index is 1.71. The van der Waals surface area contributed by atoms with E-state index in [1.54, 1.807) is 0 Å². The highest BCUT2D eigenvalue weighted by Gasteiger charge is 2.20. The maximum absolute atomic E-state index is 5.86. The molecule has 1 atom stereocenters. The van der Waals surface area contributed by atoms with Crippen LogP contribution in [0.25, 0.3) is 0 Å². The first-order valence-electron chi connectivity index (χ1n) is 8.76. The average Bonchev–Trinajstić information content (AvgIpc) is 3.19. The fourth-order valence-corrected chi connectivity index (χ4v) is 3.28. The molecule has 0 saturated carbocycles. The van der Waals surface area contributed by atoms with Gasteiger partial charge < -0.3 is 4.74 Å². The van der Waals surface area contributed by atoms with Gasteiger partial charge in [0.15, 0.2) is 0 Å². The molecule has 0 amide bonds. The lowest BCUT2D eigenvalue weighted by Crippen LogP contribution is -2.31. The van der Waals surface area contributed by atoms with Gasteiger partial charge in [-0.2, -0.15) is 5.10 Å². The number of ether oxygens (including phenoxy) is 1. The van der Waals surface area contributed by atoms with Crippen molar-refractivity contribution >= 4 is 0 Å². The zero-order chi connectivity index (χ0) is 16.8. The molecule has 3 rings (SSSR count). The number of hydrogen-bond donors (Lipinski definition) is 0. The van der Waals surface area contributed by atoms with Crippen molar-refractivity contribution in [3.8, 4) is 0 Å². The summed E-state index contributed by atoms with van der Waals surface area (Å²) in [6, 6.07) is 10.7. The van der Waals surface area contributed by atoms with E-state index in [0.717, 1.165) is 38.5 Å². The summed E-state index contributed by atoms with van der Waals surface area (Å²) in [6.07, 6.45) is 6.73. The van der Waals surface area contributed by atoms with Crippen molar-refractivity contribution in [2.24, 2.45) is 0 Å². The maximum Gasteiger partial charge on any atom is 0.0703 e. The largest absolute Gasteiger partial charge is 0.377 e. The summed E-state index contributed by atoms with van der Waals surface area (Å²) < 4.78 is 7.82. The first-order valence-corrected chi connectivity index (χ1v) is 8.76. The van der Waals surface area contributed by atoms with Crippen LogP contribution in [0, 0.1) is 6.92 Å². The third kappa shape index (κ3) is 4.56. The molecule has 4 nitrogen and oxygen atoms in total. The summed E-state index contributed by atoms with van der Waals surface area (Å²) in [5.41, 5.74) is 3.72. The highest BCUT2D eigenvalue weighted by Crippen LogP contribution is 2.18. The molecule has 4 heteroatoms. The van der Waals surface area contributed by atoms with E-state index in [1.165, 1.54) is 24.0 Å². The molecule has 0 bridgehead atoms. The molecule has 1 unspecified atom stereocenters. The smallest absolute Gasteiger partial charge is 0.0703 e. The second kappa shape index (κ2) is 8.27. The number of aromatic nitrogens is 2. The quantitative estimate of drug-likeness (QED) is 0.695. The number of nitrogens with zero attached hydrogens (tertiary/aromatic N) is 3. The van der Waals surface area contributed by atoms with Gasteiger partial charge in [-0.25, -0.2) is 0 Å². The fourth-order valence-electron chi connectivity index (χ4n) is 3.28. The van der Waals surface area contributed by atoms with Gasteiger partial charge in [0, 0.05) is 38.0 Å². The van der Waals surface area contributed by atoms with E-state index in [-0.39, 0.29) is 0 Å². The third-order valence-corrected chi connectivity index (χ3v) is 4.49. The summed E-state index contributed by atoms with van der Waals surface area (Å²) in [6.45, 7) is 10.3. The van der Waals surface area contributed by atoms with Gasteiger partial charge in [-0.05, 0) is 25.3 Å². The van der Waals surface area contributed by atoms with Crippen LogP contribution in [0.2, 0.25) is 0 Å².